The maximum atomic E-state index is 8.72. The molecular weight excluding hydrogens is 234 g/mol. The van der Waals surface area contributed by atoms with Crippen molar-refractivity contribution in [3.05, 3.63) is 35.4 Å². The second-order valence-corrected chi connectivity index (χ2v) is 4.40. The molecule has 0 spiro atoms. The molecule has 4 heteroatoms. The number of benzene rings is 1. The quantitative estimate of drug-likeness (QED) is 0.871. The van der Waals surface area contributed by atoms with Crippen molar-refractivity contribution in [3.8, 4) is 6.07 Å². The summed E-state index contributed by atoms with van der Waals surface area (Å²) >= 11 is 0. The highest BCUT2D eigenvalue weighted by Gasteiger charge is 2.15. The molecule has 0 saturated carbocycles. The maximum absolute atomic E-state index is 8.72. The topological polar surface area (TPSA) is 39.1 Å². The molecule has 1 aromatic rings. The third kappa shape index (κ3) is 4.01. The zero-order chi connectivity index (χ0) is 11.4. The second-order valence-electron chi connectivity index (χ2n) is 4.40. The summed E-state index contributed by atoms with van der Waals surface area (Å²) in [4.78, 5) is 2.45. The summed E-state index contributed by atoms with van der Waals surface area (Å²) in [7, 11) is 0. The van der Waals surface area contributed by atoms with Crippen LogP contribution in [-0.4, -0.2) is 30.6 Å². The van der Waals surface area contributed by atoms with E-state index >= 15 is 0 Å². The van der Waals surface area contributed by atoms with Gasteiger partial charge in [0, 0.05) is 32.2 Å². The summed E-state index contributed by atoms with van der Waals surface area (Å²) in [6.07, 6.45) is 0. The van der Waals surface area contributed by atoms with Gasteiger partial charge in [-0.1, -0.05) is 12.1 Å². The first-order valence-corrected chi connectivity index (χ1v) is 5.73. The van der Waals surface area contributed by atoms with Gasteiger partial charge in [-0.25, -0.2) is 0 Å². The fourth-order valence-corrected chi connectivity index (χ4v) is 2.10. The maximum Gasteiger partial charge on any atom is 0.0991 e. The first-order valence-electron chi connectivity index (χ1n) is 5.73. The molecule has 92 valence electrons. The molecule has 17 heavy (non-hydrogen) atoms. The Labute approximate surface area is 109 Å². The van der Waals surface area contributed by atoms with E-state index in [0.29, 0.717) is 6.04 Å². The molecule has 0 amide bonds. The third-order valence-corrected chi connectivity index (χ3v) is 2.94. The molecule has 1 atom stereocenters. The molecule has 0 aromatic heterocycles. The first kappa shape index (κ1) is 14.0. The molecule has 1 heterocycles. The lowest BCUT2D eigenvalue weighted by Crippen LogP contribution is -2.48. The third-order valence-electron chi connectivity index (χ3n) is 2.94. The van der Waals surface area contributed by atoms with Crippen LogP contribution in [-0.2, 0) is 6.54 Å². The van der Waals surface area contributed by atoms with Crippen molar-refractivity contribution < 1.29 is 0 Å². The summed E-state index contributed by atoms with van der Waals surface area (Å²) in [5.41, 5.74) is 2.02. The van der Waals surface area contributed by atoms with E-state index < -0.39 is 0 Å². The average Bonchev–Trinajstić information content (AvgIpc) is 2.30. The van der Waals surface area contributed by atoms with Crippen LogP contribution in [0.4, 0.5) is 0 Å². The summed E-state index contributed by atoms with van der Waals surface area (Å²) in [6, 6.07) is 10.6. The van der Waals surface area contributed by atoms with Gasteiger partial charge in [0.2, 0.25) is 0 Å². The van der Waals surface area contributed by atoms with Gasteiger partial charge in [0.15, 0.2) is 0 Å². The number of nitrogens with one attached hydrogen (secondary N) is 1. The number of piperazine rings is 1. The monoisotopic (exact) mass is 251 g/mol. The molecule has 0 radical (unpaired) electrons. The minimum atomic E-state index is 0. The molecule has 1 aromatic carbocycles. The molecule has 2 rings (SSSR count). The van der Waals surface area contributed by atoms with Crippen molar-refractivity contribution in [2.45, 2.75) is 19.5 Å². The molecule has 1 aliphatic heterocycles. The minimum absolute atomic E-state index is 0. The number of nitriles is 1. The molecule has 1 N–H and O–H groups in total. The van der Waals surface area contributed by atoms with Gasteiger partial charge in [-0.2, -0.15) is 5.26 Å². The Bertz CT molecular complexity index is 383. The Balaban J connectivity index is 0.00000144. The van der Waals surface area contributed by atoms with Crippen LogP contribution in [0.5, 0.6) is 0 Å². The molecule has 1 aliphatic rings. The van der Waals surface area contributed by atoms with Crippen LogP contribution in [0.1, 0.15) is 18.1 Å². The van der Waals surface area contributed by atoms with Gasteiger partial charge in [0.25, 0.3) is 0 Å². The Morgan fingerprint density at radius 3 is 2.71 bits per heavy atom. The lowest BCUT2D eigenvalue weighted by Gasteiger charge is -2.31. The predicted molar refractivity (Wildman–Crippen MR) is 71.1 cm³/mol. The van der Waals surface area contributed by atoms with Gasteiger partial charge in [0.1, 0.15) is 0 Å². The van der Waals surface area contributed by atoms with Crippen LogP contribution in [0.25, 0.3) is 0 Å². The average molecular weight is 252 g/mol. The van der Waals surface area contributed by atoms with Gasteiger partial charge < -0.3 is 5.32 Å². The molecular formula is C13H18ClN3. The van der Waals surface area contributed by atoms with E-state index in [9.17, 15) is 0 Å². The van der Waals surface area contributed by atoms with Crippen LogP contribution in [0.2, 0.25) is 0 Å². The SMILES string of the molecule is CC1CN(Cc2ccc(C#N)cc2)CCN1.Cl. The first-order chi connectivity index (χ1) is 7.78. The van der Waals surface area contributed by atoms with Crippen molar-refractivity contribution in [2.24, 2.45) is 0 Å². The normalized spacial score (nSPS) is 20.4. The van der Waals surface area contributed by atoms with Crippen LogP contribution >= 0.6 is 12.4 Å². The van der Waals surface area contributed by atoms with E-state index in [2.05, 4.69) is 23.2 Å². The predicted octanol–water partition coefficient (Wildman–Crippen LogP) is 1.77. The summed E-state index contributed by atoms with van der Waals surface area (Å²) < 4.78 is 0. The van der Waals surface area contributed by atoms with Crippen molar-refractivity contribution in [2.75, 3.05) is 19.6 Å². The zero-order valence-electron chi connectivity index (χ0n) is 10.0. The second kappa shape index (κ2) is 6.61. The molecule has 1 unspecified atom stereocenters. The summed E-state index contributed by atoms with van der Waals surface area (Å²) in [6.45, 7) is 6.46. The van der Waals surface area contributed by atoms with E-state index in [0.717, 1.165) is 31.7 Å². The largest absolute Gasteiger partial charge is 0.312 e. The fourth-order valence-electron chi connectivity index (χ4n) is 2.10. The van der Waals surface area contributed by atoms with E-state index in [1.807, 2.05) is 24.3 Å². The summed E-state index contributed by atoms with van der Waals surface area (Å²) in [5, 5.41) is 12.1. The Kier molecular flexibility index (Phi) is 5.43. The number of rotatable bonds is 2. The number of halogens is 1. The molecule has 3 nitrogen and oxygen atoms in total. The zero-order valence-corrected chi connectivity index (χ0v) is 10.8. The van der Waals surface area contributed by atoms with Crippen LogP contribution in [0.3, 0.4) is 0 Å². The number of hydrogen-bond donors (Lipinski definition) is 1. The minimum Gasteiger partial charge on any atom is -0.312 e. The molecule has 0 aliphatic carbocycles. The lowest BCUT2D eigenvalue weighted by molar-refractivity contribution is 0.199. The van der Waals surface area contributed by atoms with Gasteiger partial charge >= 0.3 is 0 Å². The van der Waals surface area contributed by atoms with E-state index in [-0.39, 0.29) is 12.4 Å². The number of hydrogen-bond acceptors (Lipinski definition) is 3. The fraction of sp³-hybridized carbons (Fsp3) is 0.462. The summed E-state index contributed by atoms with van der Waals surface area (Å²) in [5.74, 6) is 0. The molecule has 0 bridgehead atoms. The molecule has 1 saturated heterocycles. The standard InChI is InChI=1S/C13H17N3.ClH/c1-11-9-16(7-6-15-11)10-13-4-2-12(8-14)3-5-13;/h2-5,11,15H,6-7,9-10H2,1H3;1H. The highest BCUT2D eigenvalue weighted by Crippen LogP contribution is 2.08. The van der Waals surface area contributed by atoms with Gasteiger partial charge in [0.05, 0.1) is 11.6 Å². The van der Waals surface area contributed by atoms with Crippen molar-refractivity contribution in [3.63, 3.8) is 0 Å². The van der Waals surface area contributed by atoms with Gasteiger partial charge in [-0.3, -0.25) is 4.90 Å². The highest BCUT2D eigenvalue weighted by molar-refractivity contribution is 5.85. The van der Waals surface area contributed by atoms with Crippen LogP contribution < -0.4 is 5.32 Å². The lowest BCUT2D eigenvalue weighted by atomic mass is 10.1. The van der Waals surface area contributed by atoms with Crippen molar-refractivity contribution in [1.82, 2.24) is 10.2 Å². The van der Waals surface area contributed by atoms with E-state index in [1.165, 1.54) is 5.56 Å². The van der Waals surface area contributed by atoms with E-state index in [4.69, 9.17) is 5.26 Å². The molecule has 1 fully saturated rings. The van der Waals surface area contributed by atoms with Crippen molar-refractivity contribution >= 4 is 12.4 Å². The number of nitrogens with zero attached hydrogens (tertiary/aromatic N) is 2. The highest BCUT2D eigenvalue weighted by atomic mass is 35.5. The Morgan fingerprint density at radius 2 is 2.12 bits per heavy atom. The van der Waals surface area contributed by atoms with Gasteiger partial charge in [-0.05, 0) is 24.6 Å². The van der Waals surface area contributed by atoms with Crippen LogP contribution in [0.15, 0.2) is 24.3 Å². The van der Waals surface area contributed by atoms with E-state index in [1.54, 1.807) is 0 Å². The van der Waals surface area contributed by atoms with Gasteiger partial charge in [-0.15, -0.1) is 12.4 Å². The smallest absolute Gasteiger partial charge is 0.0991 e. The Hall–Kier alpha value is -1.08. The van der Waals surface area contributed by atoms with Crippen molar-refractivity contribution in [1.29, 1.82) is 5.26 Å². The Morgan fingerprint density at radius 1 is 1.41 bits per heavy atom. The van der Waals surface area contributed by atoms with Crippen LogP contribution in [0, 0.1) is 11.3 Å².